The standard InChI is InChI=1S/C24H30N4O4/c1-32-20-8-6-7-18(15-20)23(27-13-4-5-14-27)17-25-24(29)21-16-19(28(30)31)9-10-22(21)26-11-2-3-12-26/h6-10,15-16,23H,2-5,11-14,17H2,1H3,(H,25,29). The van der Waals surface area contributed by atoms with Crippen LogP contribution in [0, 0.1) is 10.1 Å². The number of nitrogens with one attached hydrogen (secondary N) is 1. The van der Waals surface area contributed by atoms with Crippen LogP contribution < -0.4 is 15.0 Å². The quantitative estimate of drug-likeness (QED) is 0.499. The van der Waals surface area contributed by atoms with Gasteiger partial charge >= 0.3 is 0 Å². The predicted molar refractivity (Wildman–Crippen MR) is 123 cm³/mol. The molecule has 1 amide bonds. The molecule has 2 aromatic carbocycles. The summed E-state index contributed by atoms with van der Waals surface area (Å²) in [5.41, 5.74) is 2.16. The minimum Gasteiger partial charge on any atom is -0.497 e. The van der Waals surface area contributed by atoms with Gasteiger partial charge in [0.1, 0.15) is 5.75 Å². The molecular weight excluding hydrogens is 408 g/mol. The Morgan fingerprint density at radius 3 is 2.50 bits per heavy atom. The van der Waals surface area contributed by atoms with Crippen molar-refractivity contribution in [3.63, 3.8) is 0 Å². The van der Waals surface area contributed by atoms with Gasteiger partial charge in [0.05, 0.1) is 29.3 Å². The molecule has 0 saturated carbocycles. The third kappa shape index (κ3) is 4.85. The van der Waals surface area contributed by atoms with Crippen molar-refractivity contribution < 1.29 is 14.5 Å². The molecule has 0 radical (unpaired) electrons. The van der Waals surface area contributed by atoms with E-state index in [4.69, 9.17) is 4.74 Å². The van der Waals surface area contributed by atoms with E-state index in [1.807, 2.05) is 18.2 Å². The van der Waals surface area contributed by atoms with Crippen molar-refractivity contribution in [1.82, 2.24) is 10.2 Å². The number of nitro benzene ring substituents is 1. The highest BCUT2D eigenvalue weighted by Gasteiger charge is 2.27. The lowest BCUT2D eigenvalue weighted by atomic mass is 10.0. The Morgan fingerprint density at radius 1 is 1.09 bits per heavy atom. The fraction of sp³-hybridized carbons (Fsp3) is 0.458. The van der Waals surface area contributed by atoms with E-state index in [0.717, 1.165) is 68.9 Å². The fourth-order valence-corrected chi connectivity index (χ4v) is 4.70. The van der Waals surface area contributed by atoms with Crippen LogP contribution in [0.3, 0.4) is 0 Å². The molecule has 1 atom stereocenters. The van der Waals surface area contributed by atoms with E-state index in [1.54, 1.807) is 13.2 Å². The molecule has 4 rings (SSSR count). The highest BCUT2D eigenvalue weighted by molar-refractivity contribution is 6.00. The van der Waals surface area contributed by atoms with Crippen LogP contribution in [0.2, 0.25) is 0 Å². The Labute approximate surface area is 188 Å². The van der Waals surface area contributed by atoms with Crippen molar-refractivity contribution in [2.75, 3.05) is 44.7 Å². The number of carbonyl (C=O) groups is 1. The van der Waals surface area contributed by atoms with Crippen LogP contribution in [0.25, 0.3) is 0 Å². The van der Waals surface area contributed by atoms with Crippen LogP contribution in [0.5, 0.6) is 5.75 Å². The Balaban J connectivity index is 1.57. The Morgan fingerprint density at radius 2 is 1.81 bits per heavy atom. The molecule has 0 spiro atoms. The molecule has 2 aromatic rings. The summed E-state index contributed by atoms with van der Waals surface area (Å²) in [6, 6.07) is 12.6. The molecule has 2 aliphatic heterocycles. The van der Waals surface area contributed by atoms with Gasteiger partial charge in [-0.25, -0.2) is 0 Å². The molecule has 2 heterocycles. The first-order valence-corrected chi connectivity index (χ1v) is 11.3. The van der Waals surface area contributed by atoms with Gasteiger partial charge in [-0.2, -0.15) is 0 Å². The van der Waals surface area contributed by atoms with Crippen LogP contribution in [-0.2, 0) is 0 Å². The molecular formula is C24H30N4O4. The van der Waals surface area contributed by atoms with Crippen molar-refractivity contribution in [1.29, 1.82) is 0 Å². The maximum absolute atomic E-state index is 13.3. The molecule has 0 bridgehead atoms. The third-order valence-electron chi connectivity index (χ3n) is 6.40. The van der Waals surface area contributed by atoms with Crippen molar-refractivity contribution in [2.45, 2.75) is 31.7 Å². The maximum Gasteiger partial charge on any atom is 0.270 e. The number of hydrogen-bond acceptors (Lipinski definition) is 6. The van der Waals surface area contributed by atoms with Crippen LogP contribution in [0.1, 0.15) is 47.6 Å². The average molecular weight is 439 g/mol. The number of hydrogen-bond donors (Lipinski definition) is 1. The number of ether oxygens (including phenoxy) is 1. The van der Waals surface area contributed by atoms with Crippen molar-refractivity contribution in [2.24, 2.45) is 0 Å². The number of anilines is 1. The minimum absolute atomic E-state index is 0.0190. The number of nitrogens with zero attached hydrogens (tertiary/aromatic N) is 3. The van der Waals surface area contributed by atoms with Gasteiger partial charge in [0.25, 0.3) is 11.6 Å². The summed E-state index contributed by atoms with van der Waals surface area (Å²) in [5, 5.41) is 14.4. The number of amides is 1. The zero-order valence-corrected chi connectivity index (χ0v) is 18.5. The summed E-state index contributed by atoms with van der Waals surface area (Å²) >= 11 is 0. The second-order valence-corrected chi connectivity index (χ2v) is 8.40. The molecule has 2 fully saturated rings. The molecule has 1 N–H and O–H groups in total. The normalized spacial score (nSPS) is 17.3. The molecule has 8 heteroatoms. The first kappa shape index (κ1) is 22.1. The number of rotatable bonds is 8. The Hall–Kier alpha value is -3.13. The predicted octanol–water partition coefficient (Wildman–Crippen LogP) is 3.77. The van der Waals surface area contributed by atoms with Crippen LogP contribution in [0.15, 0.2) is 42.5 Å². The van der Waals surface area contributed by atoms with Gasteiger partial charge in [0, 0.05) is 31.8 Å². The molecule has 2 aliphatic rings. The molecule has 170 valence electrons. The van der Waals surface area contributed by atoms with E-state index in [0.29, 0.717) is 12.1 Å². The zero-order chi connectivity index (χ0) is 22.5. The first-order chi connectivity index (χ1) is 15.6. The zero-order valence-electron chi connectivity index (χ0n) is 18.5. The number of carbonyl (C=O) groups excluding carboxylic acids is 1. The summed E-state index contributed by atoms with van der Waals surface area (Å²) in [6.07, 6.45) is 4.40. The van der Waals surface area contributed by atoms with Gasteiger partial charge in [-0.3, -0.25) is 19.8 Å². The Kier molecular flexibility index (Phi) is 6.90. The highest BCUT2D eigenvalue weighted by Crippen LogP contribution is 2.30. The molecule has 2 saturated heterocycles. The summed E-state index contributed by atoms with van der Waals surface area (Å²) in [4.78, 5) is 28.7. The lowest BCUT2D eigenvalue weighted by Crippen LogP contribution is -2.37. The lowest BCUT2D eigenvalue weighted by Gasteiger charge is -2.29. The molecule has 1 unspecified atom stereocenters. The SMILES string of the molecule is COc1cccc(C(CNC(=O)c2cc([N+](=O)[O-])ccc2N2CCCC2)N2CCCC2)c1. The second-order valence-electron chi connectivity index (χ2n) is 8.40. The minimum atomic E-state index is -0.451. The lowest BCUT2D eigenvalue weighted by molar-refractivity contribution is -0.384. The van der Waals surface area contributed by atoms with Crippen molar-refractivity contribution in [3.8, 4) is 5.75 Å². The van der Waals surface area contributed by atoms with E-state index < -0.39 is 4.92 Å². The van der Waals surface area contributed by atoms with Gasteiger partial charge in [-0.15, -0.1) is 0 Å². The average Bonchev–Trinajstić information content (AvgIpc) is 3.53. The van der Waals surface area contributed by atoms with Crippen LogP contribution in [-0.4, -0.2) is 55.6 Å². The second kappa shape index (κ2) is 9.99. The topological polar surface area (TPSA) is 87.9 Å². The van der Waals surface area contributed by atoms with E-state index in [1.165, 1.54) is 12.1 Å². The first-order valence-electron chi connectivity index (χ1n) is 11.3. The molecule has 0 aliphatic carbocycles. The summed E-state index contributed by atoms with van der Waals surface area (Å²) in [7, 11) is 1.65. The third-order valence-corrected chi connectivity index (χ3v) is 6.40. The highest BCUT2D eigenvalue weighted by atomic mass is 16.6. The van der Waals surface area contributed by atoms with E-state index in [2.05, 4.69) is 21.2 Å². The maximum atomic E-state index is 13.3. The number of nitro groups is 1. The summed E-state index contributed by atoms with van der Waals surface area (Å²) in [5.74, 6) is 0.510. The van der Waals surface area contributed by atoms with Gasteiger partial charge < -0.3 is 15.0 Å². The molecule has 0 aromatic heterocycles. The van der Waals surface area contributed by atoms with Crippen LogP contribution in [0.4, 0.5) is 11.4 Å². The van der Waals surface area contributed by atoms with E-state index >= 15 is 0 Å². The number of benzene rings is 2. The van der Waals surface area contributed by atoms with Gasteiger partial charge in [0.2, 0.25) is 0 Å². The smallest absolute Gasteiger partial charge is 0.270 e. The number of methoxy groups -OCH3 is 1. The van der Waals surface area contributed by atoms with E-state index in [9.17, 15) is 14.9 Å². The van der Waals surface area contributed by atoms with E-state index in [-0.39, 0.29) is 17.6 Å². The monoisotopic (exact) mass is 438 g/mol. The molecule has 32 heavy (non-hydrogen) atoms. The molecule has 8 nitrogen and oxygen atoms in total. The Bertz CT molecular complexity index is 968. The summed E-state index contributed by atoms with van der Waals surface area (Å²) in [6.45, 7) is 4.10. The largest absolute Gasteiger partial charge is 0.497 e. The van der Waals surface area contributed by atoms with Crippen molar-refractivity contribution in [3.05, 3.63) is 63.7 Å². The fourth-order valence-electron chi connectivity index (χ4n) is 4.70. The van der Waals surface area contributed by atoms with Gasteiger partial charge in [-0.05, 0) is 62.5 Å². The summed E-state index contributed by atoms with van der Waals surface area (Å²) < 4.78 is 5.40. The number of non-ortho nitro benzene ring substituents is 1. The van der Waals surface area contributed by atoms with Gasteiger partial charge in [0.15, 0.2) is 0 Å². The number of likely N-dealkylation sites (tertiary alicyclic amines) is 1. The van der Waals surface area contributed by atoms with Gasteiger partial charge in [-0.1, -0.05) is 12.1 Å². The van der Waals surface area contributed by atoms with Crippen LogP contribution >= 0.6 is 0 Å². The van der Waals surface area contributed by atoms with Crippen molar-refractivity contribution >= 4 is 17.3 Å².